The molecule has 1 saturated heterocycles. The normalized spacial score (nSPS) is 19.1. The summed E-state index contributed by atoms with van der Waals surface area (Å²) < 4.78 is 12.3. The van der Waals surface area contributed by atoms with E-state index >= 15 is 0 Å². The minimum Gasteiger partial charge on any atom is -0.399 e. The van der Waals surface area contributed by atoms with Crippen LogP contribution in [-0.4, -0.2) is 18.3 Å². The Balaban J connectivity index is 1.71. The highest BCUT2D eigenvalue weighted by molar-refractivity contribution is 6.62. The van der Waals surface area contributed by atoms with Gasteiger partial charge in [-0.2, -0.15) is 0 Å². The Morgan fingerprint density at radius 3 is 2.11 bits per heavy atom. The van der Waals surface area contributed by atoms with Crippen LogP contribution in [0.2, 0.25) is 0 Å². The molecule has 0 amide bonds. The second-order valence-electron chi connectivity index (χ2n) is 8.44. The van der Waals surface area contributed by atoms with Crippen molar-refractivity contribution < 1.29 is 9.31 Å². The molecule has 0 bridgehead atoms. The first-order chi connectivity index (χ1) is 13.2. The van der Waals surface area contributed by atoms with Crippen LogP contribution in [0.5, 0.6) is 0 Å². The molecule has 2 N–H and O–H groups in total. The van der Waals surface area contributed by atoms with Crippen molar-refractivity contribution in [2.75, 3.05) is 0 Å². The van der Waals surface area contributed by atoms with Gasteiger partial charge in [-0.3, -0.25) is 0 Å². The molecule has 0 atom stereocenters. The third-order valence-corrected chi connectivity index (χ3v) is 6.08. The number of nitrogens with two attached hydrogens (primary N) is 1. The molecule has 0 aromatic heterocycles. The molecule has 28 heavy (non-hydrogen) atoms. The van der Waals surface area contributed by atoms with E-state index in [0.29, 0.717) is 0 Å². The SMILES string of the molecule is C=c1/c(=C(\N)c2ccc(B3OC(C)(C)C(C)(C)O3)cc2)ccc2ccccc12. The van der Waals surface area contributed by atoms with Gasteiger partial charge in [0.2, 0.25) is 0 Å². The van der Waals surface area contributed by atoms with E-state index in [1.54, 1.807) is 0 Å². The monoisotopic (exact) mass is 371 g/mol. The van der Waals surface area contributed by atoms with Crippen molar-refractivity contribution in [2.45, 2.75) is 38.9 Å². The van der Waals surface area contributed by atoms with E-state index in [2.05, 4.69) is 52.5 Å². The quantitative estimate of drug-likeness (QED) is 0.705. The van der Waals surface area contributed by atoms with Crippen LogP contribution in [0.4, 0.5) is 0 Å². The van der Waals surface area contributed by atoms with Gasteiger partial charge in [-0.1, -0.05) is 67.2 Å². The standard InChI is InChI=1S/C24H26BNO2/c1-16-20-9-7-6-8-17(20)12-15-21(16)22(26)18-10-13-19(14-11-18)25-27-23(2,3)24(4,5)28-25/h6-15H,1,26H2,2-5H3/b22-21-. The van der Waals surface area contributed by atoms with Crippen molar-refractivity contribution in [1.82, 2.24) is 0 Å². The lowest BCUT2D eigenvalue weighted by Gasteiger charge is -2.32. The van der Waals surface area contributed by atoms with Gasteiger partial charge < -0.3 is 15.0 Å². The minimum atomic E-state index is -0.371. The van der Waals surface area contributed by atoms with E-state index in [4.69, 9.17) is 15.0 Å². The zero-order chi connectivity index (χ0) is 20.1. The topological polar surface area (TPSA) is 44.5 Å². The van der Waals surface area contributed by atoms with E-state index in [0.717, 1.165) is 32.5 Å². The summed E-state index contributed by atoms with van der Waals surface area (Å²) in [6.45, 7) is 12.5. The summed E-state index contributed by atoms with van der Waals surface area (Å²) in [6.07, 6.45) is 0. The van der Waals surface area contributed by atoms with Gasteiger partial charge in [0.25, 0.3) is 0 Å². The minimum absolute atomic E-state index is 0.352. The maximum absolute atomic E-state index is 6.51. The summed E-state index contributed by atoms with van der Waals surface area (Å²) in [5, 5.41) is 4.20. The summed E-state index contributed by atoms with van der Waals surface area (Å²) in [5.74, 6) is 0. The molecular formula is C24H26BNO2. The van der Waals surface area contributed by atoms with Crippen molar-refractivity contribution >= 4 is 35.6 Å². The molecule has 0 radical (unpaired) electrons. The number of hydrogen-bond acceptors (Lipinski definition) is 3. The first kappa shape index (κ1) is 18.8. The number of hydrogen-bond donors (Lipinski definition) is 1. The fraction of sp³-hybridized carbons (Fsp3) is 0.250. The number of benzene rings is 3. The fourth-order valence-corrected chi connectivity index (χ4v) is 3.54. The van der Waals surface area contributed by atoms with Crippen molar-refractivity contribution in [3.8, 4) is 0 Å². The largest absolute Gasteiger partial charge is 0.494 e. The molecule has 0 saturated carbocycles. The molecule has 4 rings (SSSR count). The van der Waals surface area contributed by atoms with Crippen LogP contribution in [0.3, 0.4) is 0 Å². The summed E-state index contributed by atoms with van der Waals surface area (Å²) in [7, 11) is -0.371. The maximum Gasteiger partial charge on any atom is 0.494 e. The van der Waals surface area contributed by atoms with Crippen LogP contribution in [0.1, 0.15) is 33.3 Å². The van der Waals surface area contributed by atoms with Crippen LogP contribution >= 0.6 is 0 Å². The van der Waals surface area contributed by atoms with Crippen LogP contribution in [-0.2, 0) is 9.31 Å². The van der Waals surface area contributed by atoms with Gasteiger partial charge in [0.1, 0.15) is 0 Å². The van der Waals surface area contributed by atoms with Crippen LogP contribution in [0.25, 0.3) is 23.0 Å². The third kappa shape index (κ3) is 3.03. The van der Waals surface area contributed by atoms with Crippen LogP contribution in [0.15, 0.2) is 60.7 Å². The zero-order valence-electron chi connectivity index (χ0n) is 17.0. The molecule has 1 fully saturated rings. The molecule has 0 spiro atoms. The highest BCUT2D eigenvalue weighted by Gasteiger charge is 2.51. The molecule has 1 heterocycles. The Kier molecular flexibility index (Phi) is 4.37. The molecule has 0 unspecified atom stereocenters. The number of rotatable bonds is 2. The molecule has 3 aromatic carbocycles. The predicted molar refractivity (Wildman–Crippen MR) is 118 cm³/mol. The average Bonchev–Trinajstić information content (AvgIpc) is 2.89. The Morgan fingerprint density at radius 1 is 0.857 bits per heavy atom. The second kappa shape index (κ2) is 6.51. The lowest BCUT2D eigenvalue weighted by Crippen LogP contribution is -2.41. The second-order valence-corrected chi connectivity index (χ2v) is 8.44. The summed E-state index contributed by atoms with van der Waals surface area (Å²) in [4.78, 5) is 0. The molecule has 3 aromatic rings. The van der Waals surface area contributed by atoms with Crippen LogP contribution < -0.4 is 21.6 Å². The fourth-order valence-electron chi connectivity index (χ4n) is 3.54. The molecule has 1 aliphatic rings. The zero-order valence-corrected chi connectivity index (χ0v) is 17.0. The number of fused-ring (bicyclic) bond motifs is 1. The van der Waals surface area contributed by atoms with Gasteiger partial charge in [0.05, 0.1) is 11.2 Å². The molecular weight excluding hydrogens is 345 g/mol. The van der Waals surface area contributed by atoms with E-state index in [1.807, 2.05) is 42.5 Å². The summed E-state index contributed by atoms with van der Waals surface area (Å²) >= 11 is 0. The maximum atomic E-state index is 6.51. The smallest absolute Gasteiger partial charge is 0.399 e. The molecule has 0 aliphatic carbocycles. The molecule has 1 aliphatic heterocycles. The van der Waals surface area contributed by atoms with E-state index in [1.165, 1.54) is 5.39 Å². The van der Waals surface area contributed by atoms with Crippen molar-refractivity contribution in [2.24, 2.45) is 5.73 Å². The average molecular weight is 371 g/mol. The Morgan fingerprint density at radius 2 is 1.46 bits per heavy atom. The van der Waals surface area contributed by atoms with Gasteiger partial charge >= 0.3 is 7.12 Å². The Labute approximate surface area is 166 Å². The van der Waals surface area contributed by atoms with Crippen molar-refractivity contribution in [1.29, 1.82) is 0 Å². The van der Waals surface area contributed by atoms with Gasteiger partial charge in [0, 0.05) is 10.9 Å². The molecule has 3 nitrogen and oxygen atoms in total. The Hall–Kier alpha value is -2.56. The Bertz CT molecular complexity index is 1130. The van der Waals surface area contributed by atoms with Gasteiger partial charge in [0.15, 0.2) is 0 Å². The third-order valence-electron chi connectivity index (χ3n) is 6.08. The van der Waals surface area contributed by atoms with Crippen molar-refractivity contribution in [3.05, 3.63) is 76.7 Å². The molecule has 4 heteroatoms. The highest BCUT2D eigenvalue weighted by atomic mass is 16.7. The van der Waals surface area contributed by atoms with Crippen LogP contribution in [0, 0.1) is 0 Å². The van der Waals surface area contributed by atoms with Gasteiger partial charge in [-0.25, -0.2) is 0 Å². The van der Waals surface area contributed by atoms with E-state index < -0.39 is 0 Å². The van der Waals surface area contributed by atoms with E-state index in [9.17, 15) is 0 Å². The van der Waals surface area contributed by atoms with E-state index in [-0.39, 0.29) is 18.3 Å². The first-order valence-corrected chi connectivity index (χ1v) is 9.62. The van der Waals surface area contributed by atoms with Gasteiger partial charge in [-0.15, -0.1) is 0 Å². The molecule has 142 valence electrons. The predicted octanol–water partition coefficient (Wildman–Crippen LogP) is 2.66. The highest BCUT2D eigenvalue weighted by Crippen LogP contribution is 2.36. The first-order valence-electron chi connectivity index (χ1n) is 9.62. The lowest BCUT2D eigenvalue weighted by molar-refractivity contribution is 0.00578. The summed E-state index contributed by atoms with van der Waals surface area (Å²) in [5.41, 5.74) is 8.48. The van der Waals surface area contributed by atoms with Crippen molar-refractivity contribution in [3.63, 3.8) is 0 Å². The lowest BCUT2D eigenvalue weighted by atomic mass is 9.78. The summed E-state index contributed by atoms with van der Waals surface area (Å²) in [6, 6.07) is 20.4. The van der Waals surface area contributed by atoms with Gasteiger partial charge in [-0.05, 0) is 54.7 Å².